The molecule has 0 saturated carbocycles. The maximum atomic E-state index is 10.9. The highest BCUT2D eigenvalue weighted by atomic mass is 32.2. The average Bonchev–Trinajstić information content (AvgIpc) is 2.29. The van der Waals surface area contributed by atoms with Gasteiger partial charge in [-0.2, -0.15) is 4.98 Å². The van der Waals surface area contributed by atoms with E-state index in [-0.39, 0.29) is 5.69 Å². The van der Waals surface area contributed by atoms with Crippen molar-refractivity contribution in [2.75, 3.05) is 17.6 Å². The first kappa shape index (κ1) is 14.7. The van der Waals surface area contributed by atoms with E-state index in [4.69, 9.17) is 0 Å². The van der Waals surface area contributed by atoms with Crippen LogP contribution in [0.5, 0.6) is 0 Å². The zero-order chi connectivity index (χ0) is 13.5. The number of nitro groups is 1. The number of hydrogen-bond acceptors (Lipinski definition) is 6. The smallest absolute Gasteiger partial charge is 0.319 e. The van der Waals surface area contributed by atoms with Gasteiger partial charge in [0.2, 0.25) is 5.95 Å². The Labute approximate surface area is 111 Å². The topological polar surface area (TPSA) is 81.0 Å². The van der Waals surface area contributed by atoms with Crippen LogP contribution in [0.25, 0.3) is 0 Å². The van der Waals surface area contributed by atoms with Crippen molar-refractivity contribution < 1.29 is 4.92 Å². The summed E-state index contributed by atoms with van der Waals surface area (Å²) in [6.07, 6.45) is 2.27. The molecule has 18 heavy (non-hydrogen) atoms. The fourth-order valence-corrected chi connectivity index (χ4v) is 2.43. The van der Waals surface area contributed by atoms with Gasteiger partial charge in [-0.05, 0) is 25.0 Å². The summed E-state index contributed by atoms with van der Waals surface area (Å²) in [5, 5.41) is 14.3. The molecule has 0 spiro atoms. The molecule has 0 fully saturated rings. The first-order chi connectivity index (χ1) is 8.54. The second-order valence-electron chi connectivity index (χ2n) is 4.20. The fourth-order valence-electron chi connectivity index (χ4n) is 1.23. The maximum absolute atomic E-state index is 10.9. The lowest BCUT2D eigenvalue weighted by Crippen LogP contribution is -2.04. The summed E-state index contributed by atoms with van der Waals surface area (Å²) < 4.78 is 0. The molecule has 0 bridgehead atoms. The third-order valence-corrected chi connectivity index (χ3v) is 3.21. The number of nitrogens with one attached hydrogen (secondary N) is 1. The normalized spacial score (nSPS) is 10.7. The molecule has 0 saturated heterocycles. The van der Waals surface area contributed by atoms with Gasteiger partial charge in [0.05, 0.1) is 4.92 Å². The first-order valence-electron chi connectivity index (χ1n) is 5.92. The van der Waals surface area contributed by atoms with Crippen LogP contribution in [-0.4, -0.2) is 27.2 Å². The number of nitrogens with zero attached hydrogens (tertiary/aromatic N) is 3. The second kappa shape index (κ2) is 7.15. The lowest BCUT2D eigenvalue weighted by atomic mass is 10.2. The van der Waals surface area contributed by atoms with Crippen molar-refractivity contribution in [1.82, 2.24) is 9.97 Å². The minimum Gasteiger partial charge on any atom is -0.354 e. The lowest BCUT2D eigenvalue weighted by Gasteiger charge is -2.06. The number of hydrogen-bond donors (Lipinski definition) is 1. The van der Waals surface area contributed by atoms with E-state index < -0.39 is 4.92 Å². The van der Waals surface area contributed by atoms with Crippen LogP contribution in [0.2, 0.25) is 0 Å². The van der Waals surface area contributed by atoms with Gasteiger partial charge in [0.15, 0.2) is 5.03 Å². The van der Waals surface area contributed by atoms with Crippen molar-refractivity contribution in [3.05, 3.63) is 16.3 Å². The quantitative estimate of drug-likeness (QED) is 0.355. The SMILES string of the molecule is CCNc1ncc([N+](=O)[O-])c(SCCC(C)C)n1. The molecule has 1 rings (SSSR count). The minimum absolute atomic E-state index is 0.0228. The van der Waals surface area contributed by atoms with Gasteiger partial charge in [-0.3, -0.25) is 10.1 Å². The van der Waals surface area contributed by atoms with Gasteiger partial charge in [-0.25, -0.2) is 4.98 Å². The van der Waals surface area contributed by atoms with E-state index in [2.05, 4.69) is 29.1 Å². The van der Waals surface area contributed by atoms with Crippen molar-refractivity contribution in [2.24, 2.45) is 5.92 Å². The highest BCUT2D eigenvalue weighted by Gasteiger charge is 2.17. The second-order valence-corrected chi connectivity index (χ2v) is 5.29. The third kappa shape index (κ3) is 4.48. The number of anilines is 1. The van der Waals surface area contributed by atoms with E-state index in [1.165, 1.54) is 18.0 Å². The fraction of sp³-hybridized carbons (Fsp3) is 0.636. The van der Waals surface area contributed by atoms with Crippen LogP contribution in [0.1, 0.15) is 27.2 Å². The molecule has 0 radical (unpaired) electrons. The minimum atomic E-state index is -0.437. The van der Waals surface area contributed by atoms with Gasteiger partial charge in [-0.15, -0.1) is 0 Å². The first-order valence-corrected chi connectivity index (χ1v) is 6.91. The number of aromatic nitrogens is 2. The summed E-state index contributed by atoms with van der Waals surface area (Å²) in [4.78, 5) is 18.5. The molecule has 0 unspecified atom stereocenters. The molecule has 1 aromatic heterocycles. The Hall–Kier alpha value is -1.37. The molecule has 100 valence electrons. The van der Waals surface area contributed by atoms with Gasteiger partial charge in [-0.1, -0.05) is 25.6 Å². The molecule has 1 heterocycles. The Kier molecular flexibility index (Phi) is 5.84. The molecule has 0 aliphatic heterocycles. The van der Waals surface area contributed by atoms with Crippen LogP contribution >= 0.6 is 11.8 Å². The summed E-state index contributed by atoms with van der Waals surface area (Å²) in [6.45, 7) is 6.86. The maximum Gasteiger partial charge on any atom is 0.319 e. The Bertz CT molecular complexity index is 412. The molecule has 1 aromatic rings. The van der Waals surface area contributed by atoms with Crippen LogP contribution in [0.15, 0.2) is 11.2 Å². The van der Waals surface area contributed by atoms with Crippen molar-refractivity contribution >= 4 is 23.4 Å². The molecule has 0 aromatic carbocycles. The molecular formula is C11H18N4O2S. The van der Waals surface area contributed by atoms with Gasteiger partial charge < -0.3 is 5.32 Å². The van der Waals surface area contributed by atoms with Crippen LogP contribution in [0.3, 0.4) is 0 Å². The van der Waals surface area contributed by atoms with Crippen LogP contribution in [-0.2, 0) is 0 Å². The molecular weight excluding hydrogens is 252 g/mol. The largest absolute Gasteiger partial charge is 0.354 e. The van der Waals surface area contributed by atoms with Crippen LogP contribution in [0, 0.1) is 16.0 Å². The lowest BCUT2D eigenvalue weighted by molar-refractivity contribution is -0.388. The number of rotatable bonds is 7. The molecule has 1 N–H and O–H groups in total. The molecule has 0 aliphatic carbocycles. The predicted molar refractivity (Wildman–Crippen MR) is 73.0 cm³/mol. The molecule has 6 nitrogen and oxygen atoms in total. The summed E-state index contributed by atoms with van der Waals surface area (Å²) in [6, 6.07) is 0. The van der Waals surface area contributed by atoms with Crippen LogP contribution < -0.4 is 5.32 Å². The monoisotopic (exact) mass is 270 g/mol. The van der Waals surface area contributed by atoms with Crippen molar-refractivity contribution in [3.63, 3.8) is 0 Å². The van der Waals surface area contributed by atoms with Crippen LogP contribution in [0.4, 0.5) is 11.6 Å². The zero-order valence-electron chi connectivity index (χ0n) is 10.8. The molecule has 0 aliphatic rings. The number of thioether (sulfide) groups is 1. The van der Waals surface area contributed by atoms with Crippen molar-refractivity contribution in [2.45, 2.75) is 32.2 Å². The zero-order valence-corrected chi connectivity index (χ0v) is 11.7. The van der Waals surface area contributed by atoms with Crippen molar-refractivity contribution in [1.29, 1.82) is 0 Å². The van der Waals surface area contributed by atoms with Gasteiger partial charge in [0, 0.05) is 6.54 Å². The summed E-state index contributed by atoms with van der Waals surface area (Å²) >= 11 is 1.41. The Morgan fingerprint density at radius 3 is 2.83 bits per heavy atom. The Morgan fingerprint density at radius 2 is 2.28 bits per heavy atom. The van der Waals surface area contributed by atoms with E-state index in [0.29, 0.717) is 23.4 Å². The third-order valence-electron chi connectivity index (χ3n) is 2.20. The van der Waals surface area contributed by atoms with Gasteiger partial charge in [0.25, 0.3) is 0 Å². The highest BCUT2D eigenvalue weighted by molar-refractivity contribution is 7.99. The van der Waals surface area contributed by atoms with E-state index in [9.17, 15) is 10.1 Å². The Balaban J connectivity index is 2.82. The van der Waals surface area contributed by atoms with Crippen molar-refractivity contribution in [3.8, 4) is 0 Å². The predicted octanol–water partition coefficient (Wildman–Crippen LogP) is 2.95. The summed E-state index contributed by atoms with van der Waals surface area (Å²) in [5.74, 6) is 1.84. The molecule has 0 atom stereocenters. The standard InChI is InChI=1S/C11H18N4O2S/c1-4-12-11-13-7-9(15(16)17)10(14-11)18-6-5-8(2)3/h7-8H,4-6H2,1-3H3,(H,12,13,14). The molecule has 7 heteroatoms. The van der Waals surface area contributed by atoms with Gasteiger partial charge >= 0.3 is 5.69 Å². The van der Waals surface area contributed by atoms with Gasteiger partial charge in [0.1, 0.15) is 6.20 Å². The van der Waals surface area contributed by atoms with E-state index in [1.54, 1.807) is 0 Å². The van der Waals surface area contributed by atoms with E-state index >= 15 is 0 Å². The summed E-state index contributed by atoms with van der Waals surface area (Å²) in [7, 11) is 0. The van der Waals surface area contributed by atoms with E-state index in [1.807, 2.05) is 6.92 Å². The molecule has 0 amide bonds. The Morgan fingerprint density at radius 1 is 1.56 bits per heavy atom. The average molecular weight is 270 g/mol. The highest BCUT2D eigenvalue weighted by Crippen LogP contribution is 2.28. The van der Waals surface area contributed by atoms with E-state index in [0.717, 1.165) is 12.2 Å². The summed E-state index contributed by atoms with van der Waals surface area (Å²) in [5.41, 5.74) is -0.0228.